The lowest BCUT2D eigenvalue weighted by Gasteiger charge is -2.23. The highest BCUT2D eigenvalue weighted by molar-refractivity contribution is 5.49. The first kappa shape index (κ1) is 17.5. The van der Waals surface area contributed by atoms with Gasteiger partial charge in [0.15, 0.2) is 5.82 Å². The highest BCUT2D eigenvalue weighted by atomic mass is 19.3. The third kappa shape index (κ3) is 6.17. The summed E-state index contributed by atoms with van der Waals surface area (Å²) in [6.07, 6.45) is -2.51. The van der Waals surface area contributed by atoms with Crippen LogP contribution in [0.1, 0.15) is 19.7 Å². The van der Waals surface area contributed by atoms with Crippen LogP contribution < -0.4 is 10.2 Å². The SMILES string of the molecule is CCNc1cc(N(CCO)CC(F)F)nc(COCC)n1. The standard InChI is InChI=1S/C13H22F2N4O2/c1-3-16-11-7-13(18-12(17-11)9-21-4-2)19(5-6-20)8-10(14)15/h7,10,20H,3-6,8-9H2,1-2H3,(H,16,17,18). The maximum atomic E-state index is 12.6. The van der Waals surface area contributed by atoms with Gasteiger partial charge < -0.3 is 20.1 Å². The molecule has 0 atom stereocenters. The Hall–Kier alpha value is -1.54. The van der Waals surface area contributed by atoms with Crippen molar-refractivity contribution in [2.45, 2.75) is 26.9 Å². The fraction of sp³-hybridized carbons (Fsp3) is 0.692. The Morgan fingerprint density at radius 1 is 1.38 bits per heavy atom. The quantitative estimate of drug-likeness (QED) is 0.683. The third-order valence-electron chi connectivity index (χ3n) is 2.60. The Labute approximate surface area is 123 Å². The van der Waals surface area contributed by atoms with E-state index in [2.05, 4.69) is 15.3 Å². The van der Waals surface area contributed by atoms with Gasteiger partial charge in [-0.05, 0) is 13.8 Å². The van der Waals surface area contributed by atoms with Gasteiger partial charge in [0.05, 0.1) is 13.2 Å². The average Bonchev–Trinajstić information content (AvgIpc) is 2.44. The van der Waals surface area contributed by atoms with Crippen LogP contribution in [-0.4, -0.2) is 54.3 Å². The number of aromatic nitrogens is 2. The summed E-state index contributed by atoms with van der Waals surface area (Å²) in [6, 6.07) is 1.59. The molecule has 1 heterocycles. The van der Waals surface area contributed by atoms with Crippen LogP contribution in [0, 0.1) is 0 Å². The van der Waals surface area contributed by atoms with E-state index in [4.69, 9.17) is 9.84 Å². The highest BCUT2D eigenvalue weighted by Gasteiger charge is 2.16. The number of hydrogen-bond donors (Lipinski definition) is 2. The van der Waals surface area contributed by atoms with Gasteiger partial charge in [0.25, 0.3) is 6.43 Å². The molecule has 0 aliphatic heterocycles. The first-order valence-corrected chi connectivity index (χ1v) is 6.94. The second-order valence-corrected chi connectivity index (χ2v) is 4.26. The molecule has 0 aliphatic carbocycles. The summed E-state index contributed by atoms with van der Waals surface area (Å²) in [5, 5.41) is 12.1. The highest BCUT2D eigenvalue weighted by Crippen LogP contribution is 2.17. The Morgan fingerprint density at radius 2 is 2.14 bits per heavy atom. The van der Waals surface area contributed by atoms with Crippen LogP contribution >= 0.6 is 0 Å². The molecule has 0 saturated carbocycles. The minimum atomic E-state index is -2.51. The maximum absolute atomic E-state index is 12.6. The zero-order chi connectivity index (χ0) is 15.7. The van der Waals surface area contributed by atoms with Crippen LogP contribution in [0.3, 0.4) is 0 Å². The number of nitrogens with one attached hydrogen (secondary N) is 1. The van der Waals surface area contributed by atoms with Crippen LogP contribution in [0.5, 0.6) is 0 Å². The first-order valence-electron chi connectivity index (χ1n) is 6.94. The van der Waals surface area contributed by atoms with Crippen molar-refractivity contribution in [3.8, 4) is 0 Å². The molecule has 0 amide bonds. The molecule has 8 heteroatoms. The molecule has 0 bridgehead atoms. The van der Waals surface area contributed by atoms with Crippen molar-refractivity contribution in [1.82, 2.24) is 9.97 Å². The molecule has 0 unspecified atom stereocenters. The molecule has 6 nitrogen and oxygen atoms in total. The Morgan fingerprint density at radius 3 is 2.71 bits per heavy atom. The number of aliphatic hydroxyl groups excluding tert-OH is 1. The molecule has 1 rings (SSSR count). The van der Waals surface area contributed by atoms with Crippen molar-refractivity contribution >= 4 is 11.6 Å². The lowest BCUT2D eigenvalue weighted by molar-refractivity contribution is 0.128. The summed E-state index contributed by atoms with van der Waals surface area (Å²) >= 11 is 0. The predicted molar refractivity (Wildman–Crippen MR) is 76.8 cm³/mol. The molecule has 21 heavy (non-hydrogen) atoms. The molecule has 0 radical (unpaired) electrons. The van der Waals surface area contributed by atoms with Crippen molar-refractivity contribution in [2.75, 3.05) is 43.1 Å². The second kappa shape index (κ2) is 9.41. The lowest BCUT2D eigenvalue weighted by Crippen LogP contribution is -2.32. The van der Waals surface area contributed by atoms with Crippen molar-refractivity contribution in [3.05, 3.63) is 11.9 Å². The summed E-state index contributed by atoms with van der Waals surface area (Å²) < 4.78 is 30.5. The predicted octanol–water partition coefficient (Wildman–Crippen LogP) is 1.51. The Bertz CT molecular complexity index is 421. The molecule has 0 aliphatic rings. The summed E-state index contributed by atoms with van der Waals surface area (Å²) in [4.78, 5) is 9.82. The molecule has 120 valence electrons. The van der Waals surface area contributed by atoms with Gasteiger partial charge in [-0.25, -0.2) is 18.7 Å². The van der Waals surface area contributed by atoms with Gasteiger partial charge in [-0.3, -0.25) is 0 Å². The van der Waals surface area contributed by atoms with Gasteiger partial charge in [-0.1, -0.05) is 0 Å². The van der Waals surface area contributed by atoms with E-state index in [9.17, 15) is 8.78 Å². The van der Waals surface area contributed by atoms with Gasteiger partial charge in [0.2, 0.25) is 0 Å². The van der Waals surface area contributed by atoms with Crippen LogP contribution in [0.15, 0.2) is 6.07 Å². The number of rotatable bonds is 10. The molecule has 2 N–H and O–H groups in total. The van der Waals surface area contributed by atoms with Gasteiger partial charge in [-0.2, -0.15) is 0 Å². The van der Waals surface area contributed by atoms with Gasteiger partial charge in [-0.15, -0.1) is 0 Å². The lowest BCUT2D eigenvalue weighted by atomic mass is 10.4. The molecule has 1 aromatic rings. The summed E-state index contributed by atoms with van der Waals surface area (Å²) in [5.74, 6) is 1.32. The molecular weight excluding hydrogens is 282 g/mol. The molecule has 0 saturated heterocycles. The monoisotopic (exact) mass is 304 g/mol. The molecule has 0 aromatic carbocycles. The number of halogens is 2. The van der Waals surface area contributed by atoms with Gasteiger partial charge >= 0.3 is 0 Å². The van der Waals surface area contributed by atoms with E-state index in [1.54, 1.807) is 6.07 Å². The van der Waals surface area contributed by atoms with Crippen LogP contribution in [-0.2, 0) is 11.3 Å². The minimum Gasteiger partial charge on any atom is -0.395 e. The van der Waals surface area contributed by atoms with Gasteiger partial charge in [0, 0.05) is 25.8 Å². The van der Waals surface area contributed by atoms with Crippen molar-refractivity contribution in [1.29, 1.82) is 0 Å². The Balaban J connectivity index is 3.01. The first-order chi connectivity index (χ1) is 10.1. The number of ether oxygens (including phenoxy) is 1. The zero-order valence-electron chi connectivity index (χ0n) is 12.4. The summed E-state index contributed by atoms with van der Waals surface area (Å²) in [6.45, 7) is 4.51. The molecular formula is C13H22F2N4O2. The largest absolute Gasteiger partial charge is 0.395 e. The van der Waals surface area contributed by atoms with E-state index in [1.807, 2.05) is 13.8 Å². The minimum absolute atomic E-state index is 0.0843. The molecule has 1 aromatic heterocycles. The maximum Gasteiger partial charge on any atom is 0.255 e. The summed E-state index contributed by atoms with van der Waals surface area (Å²) in [7, 11) is 0. The normalized spacial score (nSPS) is 11.0. The van der Waals surface area contributed by atoms with E-state index in [1.165, 1.54) is 4.90 Å². The van der Waals surface area contributed by atoms with Crippen LogP contribution in [0.2, 0.25) is 0 Å². The fourth-order valence-corrected chi connectivity index (χ4v) is 1.76. The van der Waals surface area contributed by atoms with E-state index >= 15 is 0 Å². The molecule has 0 fully saturated rings. The molecule has 0 spiro atoms. The zero-order valence-corrected chi connectivity index (χ0v) is 12.4. The number of anilines is 2. The van der Waals surface area contributed by atoms with Crippen molar-refractivity contribution in [2.24, 2.45) is 0 Å². The second-order valence-electron chi connectivity index (χ2n) is 4.26. The third-order valence-corrected chi connectivity index (χ3v) is 2.60. The fourth-order valence-electron chi connectivity index (χ4n) is 1.76. The van der Waals surface area contributed by atoms with Crippen LogP contribution in [0.4, 0.5) is 20.4 Å². The number of aliphatic hydroxyl groups is 1. The Kier molecular flexibility index (Phi) is 7.84. The van der Waals surface area contributed by atoms with Crippen molar-refractivity contribution in [3.63, 3.8) is 0 Å². The van der Waals surface area contributed by atoms with E-state index in [-0.39, 0.29) is 19.8 Å². The summed E-state index contributed by atoms with van der Waals surface area (Å²) in [5.41, 5.74) is 0. The number of hydrogen-bond acceptors (Lipinski definition) is 6. The van der Waals surface area contributed by atoms with Crippen LogP contribution in [0.25, 0.3) is 0 Å². The smallest absolute Gasteiger partial charge is 0.255 e. The topological polar surface area (TPSA) is 70.5 Å². The van der Waals surface area contributed by atoms with E-state index < -0.39 is 13.0 Å². The number of nitrogens with zero attached hydrogens (tertiary/aromatic N) is 3. The van der Waals surface area contributed by atoms with E-state index in [0.717, 1.165) is 0 Å². The number of alkyl halides is 2. The van der Waals surface area contributed by atoms with E-state index in [0.29, 0.717) is 30.6 Å². The average molecular weight is 304 g/mol. The van der Waals surface area contributed by atoms with Gasteiger partial charge in [0.1, 0.15) is 18.2 Å². The van der Waals surface area contributed by atoms with Crippen molar-refractivity contribution < 1.29 is 18.6 Å².